The standard InChI is InChI=1S/C3H6.CH3.5Y/c1-3-2;;;;;;/h1-3H2;1H3;;;;;/q-2;-1;;;;;. The minimum Gasteiger partial charge on any atom is -0.372 e. The maximum atomic E-state index is 3.38. The number of hydrogen-bond donors (Lipinski definition) is 0. The molecule has 0 nitrogen and oxygen atoms in total. The van der Waals surface area contributed by atoms with Crippen LogP contribution in [0.3, 0.4) is 0 Å². The van der Waals surface area contributed by atoms with Crippen molar-refractivity contribution in [3.05, 3.63) is 21.3 Å². The predicted octanol–water partition coefficient (Wildman–Crippen LogP) is 1.48. The molecular formula is C4H9Y5-3. The van der Waals surface area contributed by atoms with Crippen LogP contribution in [0.15, 0.2) is 0 Å². The molecule has 0 saturated heterocycles. The van der Waals surface area contributed by atoms with Crippen molar-refractivity contribution in [3.63, 3.8) is 0 Å². The van der Waals surface area contributed by atoms with Crippen LogP contribution in [0.25, 0.3) is 0 Å². The van der Waals surface area contributed by atoms with Gasteiger partial charge < -0.3 is 27.7 Å². The SMILES string of the molecule is [CH2-]C[CH2-].[CH3-].[Y].[Y].[Y].[Y].[Y]. The van der Waals surface area contributed by atoms with Crippen LogP contribution in [0, 0.1) is 21.3 Å². The first kappa shape index (κ1) is 46.9. The second kappa shape index (κ2) is 49.9. The molecule has 0 aromatic carbocycles. The molecule has 0 atom stereocenters. The summed E-state index contributed by atoms with van der Waals surface area (Å²) in [6.07, 6.45) is 0.750. The van der Waals surface area contributed by atoms with E-state index in [4.69, 9.17) is 0 Å². The van der Waals surface area contributed by atoms with E-state index in [1.165, 1.54) is 0 Å². The smallest absolute Gasteiger partial charge is 0 e. The van der Waals surface area contributed by atoms with Gasteiger partial charge in [0, 0.05) is 164 Å². The average molecular weight is 502 g/mol. The van der Waals surface area contributed by atoms with E-state index in [1.54, 1.807) is 0 Å². The zero-order valence-corrected chi connectivity index (χ0v) is 20.2. The second-order valence-corrected chi connectivity index (χ2v) is 0.354. The molecule has 9 heavy (non-hydrogen) atoms. The van der Waals surface area contributed by atoms with Crippen LogP contribution in [-0.2, 0) is 164 Å². The molecule has 0 bridgehead atoms. The van der Waals surface area contributed by atoms with Crippen molar-refractivity contribution in [2.24, 2.45) is 0 Å². The zero-order chi connectivity index (χ0) is 2.71. The third-order valence-corrected chi connectivity index (χ3v) is 0. The van der Waals surface area contributed by atoms with Crippen LogP contribution >= 0.6 is 0 Å². The van der Waals surface area contributed by atoms with Crippen molar-refractivity contribution in [1.82, 2.24) is 0 Å². The summed E-state index contributed by atoms with van der Waals surface area (Å²) in [5, 5.41) is 0. The Morgan fingerprint density at radius 1 is 0.667 bits per heavy atom. The van der Waals surface area contributed by atoms with Gasteiger partial charge in [-0.1, -0.05) is 0 Å². The van der Waals surface area contributed by atoms with E-state index < -0.39 is 0 Å². The average Bonchev–Trinajstić information content (AvgIpc) is 0.918. The Bertz CT molecular complexity index is 8.92. The first-order chi connectivity index (χ1) is 1.41. The van der Waals surface area contributed by atoms with E-state index in [-0.39, 0.29) is 171 Å². The third-order valence-electron chi connectivity index (χ3n) is 0. The van der Waals surface area contributed by atoms with Crippen molar-refractivity contribution in [2.45, 2.75) is 6.42 Å². The predicted molar refractivity (Wildman–Crippen MR) is 21.7 cm³/mol. The van der Waals surface area contributed by atoms with Gasteiger partial charge in [0.1, 0.15) is 0 Å². The fourth-order valence-electron chi connectivity index (χ4n) is 0. The molecule has 0 aliphatic carbocycles. The first-order valence-electron chi connectivity index (χ1n) is 1.000. The fourth-order valence-corrected chi connectivity index (χ4v) is 0. The van der Waals surface area contributed by atoms with Gasteiger partial charge in [-0.05, 0) is 0 Å². The summed E-state index contributed by atoms with van der Waals surface area (Å²) in [6.45, 7) is 6.75. The van der Waals surface area contributed by atoms with E-state index in [0.29, 0.717) is 0 Å². The Morgan fingerprint density at radius 3 is 0.667 bits per heavy atom. The maximum absolute atomic E-state index is 3.38. The minimum atomic E-state index is 0. The Hall–Kier alpha value is 5.52. The molecule has 0 aliphatic rings. The summed E-state index contributed by atoms with van der Waals surface area (Å²) < 4.78 is 0. The van der Waals surface area contributed by atoms with Gasteiger partial charge in [0.2, 0.25) is 0 Å². The third kappa shape index (κ3) is 58.9. The molecule has 0 aromatic rings. The summed E-state index contributed by atoms with van der Waals surface area (Å²) >= 11 is 0. The zero-order valence-electron chi connectivity index (χ0n) is 6.01. The Labute approximate surface area is 186 Å². The summed E-state index contributed by atoms with van der Waals surface area (Å²) in [5.41, 5.74) is 0. The van der Waals surface area contributed by atoms with E-state index >= 15 is 0 Å². The van der Waals surface area contributed by atoms with E-state index in [2.05, 4.69) is 13.8 Å². The molecule has 0 spiro atoms. The summed E-state index contributed by atoms with van der Waals surface area (Å²) in [4.78, 5) is 0. The molecule has 0 amide bonds. The summed E-state index contributed by atoms with van der Waals surface area (Å²) in [7, 11) is 0. The summed E-state index contributed by atoms with van der Waals surface area (Å²) in [6, 6.07) is 0. The van der Waals surface area contributed by atoms with Crippen molar-refractivity contribution < 1.29 is 164 Å². The van der Waals surface area contributed by atoms with E-state index in [0.717, 1.165) is 6.42 Å². The van der Waals surface area contributed by atoms with Gasteiger partial charge in [0.15, 0.2) is 0 Å². The van der Waals surface area contributed by atoms with E-state index in [1.807, 2.05) is 0 Å². The van der Waals surface area contributed by atoms with Gasteiger partial charge in [-0.3, -0.25) is 0 Å². The monoisotopic (exact) mass is 502 g/mol. The van der Waals surface area contributed by atoms with Crippen LogP contribution < -0.4 is 0 Å². The van der Waals surface area contributed by atoms with Crippen LogP contribution in [0.1, 0.15) is 6.42 Å². The summed E-state index contributed by atoms with van der Waals surface area (Å²) in [5.74, 6) is 0. The number of hydrogen-bond acceptors (Lipinski definition) is 0. The molecule has 0 aliphatic heterocycles. The topological polar surface area (TPSA) is 0 Å². The molecule has 5 heteroatoms. The van der Waals surface area contributed by atoms with Gasteiger partial charge in [-0.2, -0.15) is 0 Å². The molecule has 0 saturated carbocycles. The van der Waals surface area contributed by atoms with Crippen LogP contribution in [0.4, 0.5) is 0 Å². The van der Waals surface area contributed by atoms with Crippen LogP contribution in [0.5, 0.6) is 0 Å². The van der Waals surface area contributed by atoms with Crippen LogP contribution in [0.2, 0.25) is 0 Å². The Morgan fingerprint density at radius 2 is 0.667 bits per heavy atom. The maximum Gasteiger partial charge on any atom is 0 e. The molecule has 43 valence electrons. The molecule has 0 N–H and O–H groups in total. The molecule has 5 radical (unpaired) electrons. The molecule has 0 fully saturated rings. The largest absolute Gasteiger partial charge is 0.372 e. The Kier molecular flexibility index (Phi) is 260. The van der Waals surface area contributed by atoms with Crippen molar-refractivity contribution in [1.29, 1.82) is 0 Å². The minimum absolute atomic E-state index is 0. The first-order valence-corrected chi connectivity index (χ1v) is 1.000. The second-order valence-electron chi connectivity index (χ2n) is 0.354. The van der Waals surface area contributed by atoms with Gasteiger partial charge in [-0.25, -0.2) is 0 Å². The van der Waals surface area contributed by atoms with Crippen molar-refractivity contribution >= 4 is 0 Å². The molecule has 0 rings (SSSR count). The quantitative estimate of drug-likeness (QED) is 0.442. The Balaban J connectivity index is -0.00000000133. The van der Waals surface area contributed by atoms with Gasteiger partial charge in [0.25, 0.3) is 0 Å². The van der Waals surface area contributed by atoms with Crippen molar-refractivity contribution in [3.8, 4) is 0 Å². The fraction of sp³-hybridized carbons (Fsp3) is 0.250. The van der Waals surface area contributed by atoms with Gasteiger partial charge in [-0.15, -0.1) is 0 Å². The molecule has 0 aromatic heterocycles. The number of rotatable bonds is 0. The van der Waals surface area contributed by atoms with Gasteiger partial charge >= 0.3 is 0 Å². The molecular weight excluding hydrogens is 493 g/mol. The van der Waals surface area contributed by atoms with Crippen LogP contribution in [-0.4, -0.2) is 0 Å². The van der Waals surface area contributed by atoms with Gasteiger partial charge in [0.05, 0.1) is 0 Å². The van der Waals surface area contributed by atoms with E-state index in [9.17, 15) is 0 Å². The molecule has 0 heterocycles. The van der Waals surface area contributed by atoms with Crippen molar-refractivity contribution in [2.75, 3.05) is 0 Å². The normalized spacial score (nSPS) is 2.00. The molecule has 0 unspecified atom stereocenters.